The molecule has 0 aromatic rings. The van der Waals surface area contributed by atoms with Crippen LogP contribution in [0.2, 0.25) is 0 Å². The molecule has 0 aromatic heterocycles. The van der Waals surface area contributed by atoms with Crippen molar-refractivity contribution in [3.63, 3.8) is 0 Å². The first-order chi connectivity index (χ1) is 12.7. The summed E-state index contributed by atoms with van der Waals surface area (Å²) < 4.78 is 0. The molecule has 0 aliphatic rings. The fourth-order valence-electron chi connectivity index (χ4n) is 1.76. The maximum absolute atomic E-state index is 9.96. The molecule has 0 heterocycles. The van der Waals surface area contributed by atoms with Gasteiger partial charge in [0.2, 0.25) is 0 Å². The monoisotopic (exact) mass is 492 g/mol. The van der Waals surface area contributed by atoms with Gasteiger partial charge >= 0.3 is 23.9 Å². The van der Waals surface area contributed by atoms with Gasteiger partial charge in [-0.25, -0.2) is 0 Å². The largest absolute Gasteiger partial charge is 2.00 e. The van der Waals surface area contributed by atoms with Crippen molar-refractivity contribution in [2.45, 2.75) is 130 Å². The summed E-state index contributed by atoms with van der Waals surface area (Å²) in [6, 6.07) is 0. The van der Waals surface area contributed by atoms with Crippen molar-refractivity contribution in [3.05, 3.63) is 13.8 Å². The summed E-state index contributed by atoms with van der Waals surface area (Å²) in [4.78, 5) is 0. The van der Waals surface area contributed by atoms with Crippen LogP contribution in [-0.2, 0) is 0 Å². The van der Waals surface area contributed by atoms with Crippen LogP contribution in [-0.4, -0.2) is 37.1 Å². The van der Waals surface area contributed by atoms with Crippen LogP contribution in [0.5, 0.6) is 0 Å². The van der Waals surface area contributed by atoms with Crippen molar-refractivity contribution >= 4 is 23.9 Å². The zero-order valence-corrected chi connectivity index (χ0v) is 22.3. The molecule has 0 aromatic carbocycles. The third-order valence-electron chi connectivity index (χ3n) is 3.70. The smallest absolute Gasteiger partial charge is 0.854 e. The maximum atomic E-state index is 9.96. The average Bonchev–Trinajstić information content (AvgIpc) is 2.69. The molecule has 2 nitrogen and oxygen atoms in total. The van der Waals surface area contributed by atoms with Crippen LogP contribution in [0.15, 0.2) is 0 Å². The molecule has 0 rings (SSSR count). The Hall–Kier alpha value is 0.719. The SMILES string of the molecule is CCCCCCCC[O-].CCCCCCCC[O-].[CH2]CCC.[CH2]CCC.[Sn+2]. The molecule has 0 spiro atoms. The Morgan fingerprint density at radius 2 is 0.667 bits per heavy atom. The van der Waals surface area contributed by atoms with Crippen molar-refractivity contribution in [1.82, 2.24) is 0 Å². The van der Waals surface area contributed by atoms with E-state index in [0.29, 0.717) is 0 Å². The Labute approximate surface area is 191 Å². The molecule has 0 N–H and O–H groups in total. The normalized spacial score (nSPS) is 8.89. The second-order valence-corrected chi connectivity index (χ2v) is 6.65. The van der Waals surface area contributed by atoms with Gasteiger partial charge in [-0.3, -0.25) is 0 Å². The molecule has 27 heavy (non-hydrogen) atoms. The van der Waals surface area contributed by atoms with Crippen LogP contribution in [0.4, 0.5) is 0 Å². The van der Waals surface area contributed by atoms with Crippen molar-refractivity contribution in [1.29, 1.82) is 0 Å². The predicted octanol–water partition coefficient (Wildman–Crippen LogP) is 6.27. The van der Waals surface area contributed by atoms with E-state index in [2.05, 4.69) is 41.5 Å². The zero-order chi connectivity index (χ0) is 20.7. The van der Waals surface area contributed by atoms with E-state index in [1.807, 2.05) is 0 Å². The predicted molar refractivity (Wildman–Crippen MR) is 123 cm³/mol. The first-order valence-corrected chi connectivity index (χ1v) is 11.4. The van der Waals surface area contributed by atoms with Gasteiger partial charge in [0, 0.05) is 0 Å². The molecule has 0 aliphatic heterocycles. The van der Waals surface area contributed by atoms with Crippen molar-refractivity contribution in [2.24, 2.45) is 0 Å². The standard InChI is InChI=1S/2C8H17O.2C4H9.Sn/c2*1-2-3-4-5-6-7-8-9;2*1-3-4-2;/h2*2-8H2,1H3;2*1,3-4H2,2H3;/q2*-1;;;+2. The summed E-state index contributed by atoms with van der Waals surface area (Å²) in [5.74, 6) is 0. The molecule has 4 radical (unpaired) electrons. The summed E-state index contributed by atoms with van der Waals surface area (Å²) in [6.07, 6.45) is 19.0. The second kappa shape index (κ2) is 50.4. The third kappa shape index (κ3) is 75.4. The van der Waals surface area contributed by atoms with E-state index in [1.165, 1.54) is 64.2 Å². The molecule has 164 valence electrons. The quantitative estimate of drug-likeness (QED) is 0.212. The zero-order valence-electron chi connectivity index (χ0n) is 19.5. The summed E-state index contributed by atoms with van der Waals surface area (Å²) >= 11 is 0. The minimum Gasteiger partial charge on any atom is -0.854 e. The van der Waals surface area contributed by atoms with Gasteiger partial charge in [-0.1, -0.05) is 144 Å². The summed E-state index contributed by atoms with van der Waals surface area (Å²) in [6.45, 7) is 16.1. The van der Waals surface area contributed by atoms with E-state index >= 15 is 0 Å². The van der Waals surface area contributed by atoms with Gasteiger partial charge in [0.25, 0.3) is 0 Å². The summed E-state index contributed by atoms with van der Waals surface area (Å²) in [5, 5.41) is 19.9. The number of hydrogen-bond donors (Lipinski definition) is 0. The van der Waals surface area contributed by atoms with Crippen LogP contribution >= 0.6 is 0 Å². The van der Waals surface area contributed by atoms with E-state index in [1.54, 1.807) is 0 Å². The Bertz CT molecular complexity index is 132. The van der Waals surface area contributed by atoms with E-state index in [-0.39, 0.29) is 37.1 Å². The van der Waals surface area contributed by atoms with E-state index < -0.39 is 0 Å². The van der Waals surface area contributed by atoms with Crippen LogP contribution < -0.4 is 10.2 Å². The minimum absolute atomic E-state index is 0. The van der Waals surface area contributed by atoms with Crippen LogP contribution in [0.1, 0.15) is 130 Å². The molecular weight excluding hydrogens is 439 g/mol. The topological polar surface area (TPSA) is 46.1 Å². The molecule has 0 saturated carbocycles. The number of unbranched alkanes of at least 4 members (excludes halogenated alkanes) is 12. The van der Waals surface area contributed by atoms with Crippen LogP contribution in [0, 0.1) is 13.8 Å². The average molecular weight is 491 g/mol. The van der Waals surface area contributed by atoms with Gasteiger partial charge in [0.15, 0.2) is 0 Å². The maximum Gasteiger partial charge on any atom is 2.00 e. The van der Waals surface area contributed by atoms with Gasteiger partial charge < -0.3 is 10.2 Å². The summed E-state index contributed by atoms with van der Waals surface area (Å²) in [7, 11) is 0. The van der Waals surface area contributed by atoms with Crippen LogP contribution in [0.3, 0.4) is 0 Å². The minimum atomic E-state index is 0. The Kier molecular flexibility index (Phi) is 71.6. The van der Waals surface area contributed by atoms with Gasteiger partial charge in [0.05, 0.1) is 0 Å². The van der Waals surface area contributed by atoms with E-state index in [9.17, 15) is 10.2 Å². The Morgan fingerprint density at radius 3 is 0.852 bits per heavy atom. The van der Waals surface area contributed by atoms with Gasteiger partial charge in [-0.2, -0.15) is 0 Å². The molecule has 3 heteroatoms. The first-order valence-electron chi connectivity index (χ1n) is 11.4. The first kappa shape index (κ1) is 38.3. The molecule has 0 atom stereocenters. The van der Waals surface area contributed by atoms with Crippen molar-refractivity contribution < 1.29 is 10.2 Å². The fourth-order valence-corrected chi connectivity index (χ4v) is 1.76. The summed E-state index contributed by atoms with van der Waals surface area (Å²) in [5.41, 5.74) is 0. The Morgan fingerprint density at radius 1 is 0.444 bits per heavy atom. The molecule has 0 aliphatic carbocycles. The third-order valence-corrected chi connectivity index (χ3v) is 3.70. The van der Waals surface area contributed by atoms with E-state index in [4.69, 9.17) is 0 Å². The molecular formula is C24H52O2Sn. The molecule has 0 saturated heterocycles. The van der Waals surface area contributed by atoms with Gasteiger partial charge in [0.1, 0.15) is 0 Å². The van der Waals surface area contributed by atoms with Crippen molar-refractivity contribution in [3.8, 4) is 0 Å². The van der Waals surface area contributed by atoms with Crippen LogP contribution in [0.25, 0.3) is 0 Å². The molecule has 0 unspecified atom stereocenters. The molecule has 0 bridgehead atoms. The fraction of sp³-hybridized carbons (Fsp3) is 0.917. The molecule has 0 amide bonds. The van der Waals surface area contributed by atoms with E-state index in [0.717, 1.165) is 38.5 Å². The number of rotatable bonds is 14. The Balaban J connectivity index is -0.0000000843. The second-order valence-electron chi connectivity index (χ2n) is 6.65. The van der Waals surface area contributed by atoms with Gasteiger partial charge in [-0.05, 0) is 0 Å². The number of hydrogen-bond acceptors (Lipinski definition) is 2. The van der Waals surface area contributed by atoms with Gasteiger partial charge in [-0.15, -0.1) is 13.2 Å². The molecule has 0 fully saturated rings. The van der Waals surface area contributed by atoms with Crippen molar-refractivity contribution in [2.75, 3.05) is 13.2 Å².